The van der Waals surface area contributed by atoms with E-state index in [2.05, 4.69) is 19.4 Å². The van der Waals surface area contributed by atoms with Crippen molar-refractivity contribution >= 4 is 51.3 Å². The summed E-state index contributed by atoms with van der Waals surface area (Å²) in [5, 5.41) is 3.79. The van der Waals surface area contributed by atoms with Gasteiger partial charge >= 0.3 is 0 Å². The number of amides is 1. The summed E-state index contributed by atoms with van der Waals surface area (Å²) in [5.41, 5.74) is 1.12. The van der Waals surface area contributed by atoms with Gasteiger partial charge in [-0.3, -0.25) is 14.4 Å². The lowest BCUT2D eigenvalue weighted by atomic mass is 10.1. The molecule has 0 aliphatic heterocycles. The molecule has 2 heterocycles. The van der Waals surface area contributed by atoms with Crippen LogP contribution in [0.4, 0.5) is 17.2 Å². The van der Waals surface area contributed by atoms with Crippen molar-refractivity contribution in [3.63, 3.8) is 0 Å². The number of sulfonamides is 1. The fourth-order valence-electron chi connectivity index (χ4n) is 3.29. The van der Waals surface area contributed by atoms with Crippen LogP contribution in [0.2, 0.25) is 5.02 Å². The van der Waals surface area contributed by atoms with Gasteiger partial charge < -0.3 is 14.0 Å². The second-order valence-electron chi connectivity index (χ2n) is 7.74. The Balaban J connectivity index is 1.71. The number of carbonyl (C=O) groups is 1. The first-order chi connectivity index (χ1) is 16.9. The van der Waals surface area contributed by atoms with Crippen LogP contribution in [0.25, 0.3) is 6.08 Å². The molecule has 10 nitrogen and oxygen atoms in total. The van der Waals surface area contributed by atoms with Gasteiger partial charge in [-0.25, -0.2) is 8.42 Å². The van der Waals surface area contributed by atoms with E-state index >= 15 is 0 Å². The van der Waals surface area contributed by atoms with E-state index < -0.39 is 10.0 Å². The van der Waals surface area contributed by atoms with Crippen LogP contribution in [0, 0.1) is 5.92 Å². The van der Waals surface area contributed by atoms with E-state index in [1.165, 1.54) is 48.6 Å². The van der Waals surface area contributed by atoms with Crippen LogP contribution >= 0.6 is 11.6 Å². The maximum atomic E-state index is 12.8. The average molecular weight is 519 g/mol. The molecule has 12 heteroatoms. The zero-order valence-corrected chi connectivity index (χ0v) is 20.5. The molecule has 3 aromatic rings. The SMILES string of the molecule is C/C=C\c1cc(S(=O)(=O)Nc2ccon2)ccc1N(C=O)c1cc(Cl)c(OCC2CC2)nc1OC. The number of allylic oxidation sites excluding steroid dienone is 1. The predicted octanol–water partition coefficient (Wildman–Crippen LogP) is 4.65. The standard InChI is InChI=1S/C23H23ClN4O6S/c1-3-4-16-11-17(35(30,31)27-21-9-10-34-26-21)7-8-19(16)28(14-29)20-12-18(24)22(25-23(20)32-2)33-13-15-5-6-15/h3-4,7-12,14-15H,5-6,13H2,1-2H3,(H,26,27)/b4-3-. The number of carbonyl (C=O) groups excluding carboxylic acids is 1. The molecule has 2 aromatic heterocycles. The first kappa shape index (κ1) is 24.6. The van der Waals surface area contributed by atoms with Gasteiger partial charge in [-0.15, -0.1) is 0 Å². The largest absolute Gasteiger partial charge is 0.479 e. The van der Waals surface area contributed by atoms with Crippen LogP contribution in [0.15, 0.2) is 52.1 Å². The monoisotopic (exact) mass is 518 g/mol. The lowest BCUT2D eigenvalue weighted by Gasteiger charge is -2.23. The number of aromatic nitrogens is 2. The van der Waals surface area contributed by atoms with Crippen molar-refractivity contribution in [2.24, 2.45) is 5.92 Å². The summed E-state index contributed by atoms with van der Waals surface area (Å²) in [6.07, 6.45) is 7.45. The number of pyridine rings is 1. The Morgan fingerprint density at radius 3 is 2.66 bits per heavy atom. The van der Waals surface area contributed by atoms with Crippen LogP contribution in [0.1, 0.15) is 25.3 Å². The Bertz CT molecular complexity index is 1340. The number of benzene rings is 1. The highest BCUT2D eigenvalue weighted by molar-refractivity contribution is 7.92. The van der Waals surface area contributed by atoms with Gasteiger partial charge in [0.05, 0.1) is 24.3 Å². The molecule has 184 valence electrons. The molecule has 0 atom stereocenters. The van der Waals surface area contributed by atoms with Crippen LogP contribution in [-0.4, -0.2) is 38.7 Å². The van der Waals surface area contributed by atoms with Gasteiger partial charge in [0.2, 0.25) is 18.2 Å². The van der Waals surface area contributed by atoms with Crippen molar-refractivity contribution in [1.82, 2.24) is 10.1 Å². The van der Waals surface area contributed by atoms with E-state index in [0.717, 1.165) is 12.8 Å². The molecule has 0 spiro atoms. The number of anilines is 3. The first-order valence-electron chi connectivity index (χ1n) is 10.7. The zero-order chi connectivity index (χ0) is 25.0. The number of nitrogens with zero attached hydrogens (tertiary/aromatic N) is 3. The number of hydrogen-bond donors (Lipinski definition) is 1. The topological polar surface area (TPSA) is 124 Å². The van der Waals surface area contributed by atoms with Crippen LogP contribution in [0.5, 0.6) is 11.8 Å². The number of nitrogens with one attached hydrogen (secondary N) is 1. The summed E-state index contributed by atoms with van der Waals surface area (Å²) in [4.78, 5) is 17.8. The zero-order valence-electron chi connectivity index (χ0n) is 19.0. The Labute approximate surface area is 207 Å². The van der Waals surface area contributed by atoms with Gasteiger partial charge in [-0.1, -0.05) is 28.9 Å². The van der Waals surface area contributed by atoms with E-state index in [-0.39, 0.29) is 33.2 Å². The Morgan fingerprint density at radius 2 is 2.03 bits per heavy atom. The molecule has 1 amide bonds. The molecule has 0 radical (unpaired) electrons. The smallest absolute Gasteiger partial charge is 0.263 e. The lowest BCUT2D eigenvalue weighted by molar-refractivity contribution is -0.106. The maximum Gasteiger partial charge on any atom is 0.263 e. The number of ether oxygens (including phenoxy) is 2. The van der Waals surface area contributed by atoms with Crippen molar-refractivity contribution < 1.29 is 27.2 Å². The van der Waals surface area contributed by atoms with Crippen LogP contribution < -0.4 is 19.1 Å². The Morgan fingerprint density at radius 1 is 1.23 bits per heavy atom. The van der Waals surface area contributed by atoms with Gasteiger partial charge in [-0.2, -0.15) is 4.98 Å². The fourth-order valence-corrected chi connectivity index (χ4v) is 4.52. The maximum absolute atomic E-state index is 12.8. The Hall–Kier alpha value is -3.57. The van der Waals surface area contributed by atoms with Gasteiger partial charge in [0.25, 0.3) is 10.0 Å². The third-order valence-electron chi connectivity index (χ3n) is 5.19. The van der Waals surface area contributed by atoms with Gasteiger partial charge in [0.15, 0.2) is 5.82 Å². The molecule has 35 heavy (non-hydrogen) atoms. The van der Waals surface area contributed by atoms with Crippen molar-refractivity contribution in [3.8, 4) is 11.8 Å². The van der Waals surface area contributed by atoms with Crippen molar-refractivity contribution in [3.05, 3.63) is 53.3 Å². The molecule has 1 aliphatic rings. The summed E-state index contributed by atoms with van der Waals surface area (Å²) in [6.45, 7) is 2.28. The molecule has 1 fully saturated rings. The first-order valence-corrected chi connectivity index (χ1v) is 12.5. The molecule has 1 aliphatic carbocycles. The van der Waals surface area contributed by atoms with Crippen molar-refractivity contribution in [1.29, 1.82) is 0 Å². The second-order valence-corrected chi connectivity index (χ2v) is 9.83. The second kappa shape index (κ2) is 10.4. The molecule has 0 unspecified atom stereocenters. The minimum absolute atomic E-state index is 0.0323. The summed E-state index contributed by atoms with van der Waals surface area (Å²) < 4.78 is 43.8. The van der Waals surface area contributed by atoms with E-state index in [0.29, 0.717) is 30.2 Å². The quantitative estimate of drug-likeness (QED) is 0.364. The molecule has 0 saturated heterocycles. The fraction of sp³-hybridized carbons (Fsp3) is 0.261. The Kier molecular flexibility index (Phi) is 7.27. The molecule has 1 saturated carbocycles. The van der Waals surface area contributed by atoms with E-state index in [9.17, 15) is 13.2 Å². The summed E-state index contributed by atoms with van der Waals surface area (Å²) >= 11 is 6.40. The van der Waals surface area contributed by atoms with Gasteiger partial charge in [-0.05, 0) is 55.5 Å². The highest BCUT2D eigenvalue weighted by Crippen LogP contribution is 2.40. The molecule has 0 bridgehead atoms. The lowest BCUT2D eigenvalue weighted by Crippen LogP contribution is -2.18. The normalized spacial score (nSPS) is 13.6. The number of rotatable bonds is 11. The van der Waals surface area contributed by atoms with Gasteiger partial charge in [0.1, 0.15) is 17.0 Å². The number of hydrogen-bond acceptors (Lipinski definition) is 8. The molecular formula is C23H23ClN4O6S. The highest BCUT2D eigenvalue weighted by Gasteiger charge is 2.25. The third-order valence-corrected chi connectivity index (χ3v) is 6.82. The molecular weight excluding hydrogens is 496 g/mol. The summed E-state index contributed by atoms with van der Waals surface area (Å²) in [7, 11) is -2.54. The van der Waals surface area contributed by atoms with Crippen LogP contribution in [-0.2, 0) is 14.8 Å². The minimum Gasteiger partial charge on any atom is -0.479 e. The van der Waals surface area contributed by atoms with Crippen molar-refractivity contribution in [2.75, 3.05) is 23.3 Å². The predicted molar refractivity (Wildman–Crippen MR) is 131 cm³/mol. The summed E-state index contributed by atoms with van der Waals surface area (Å²) in [6, 6.07) is 7.22. The van der Waals surface area contributed by atoms with E-state index in [4.69, 9.17) is 21.1 Å². The average Bonchev–Trinajstić information content (AvgIpc) is 3.54. The van der Waals surface area contributed by atoms with Crippen molar-refractivity contribution in [2.45, 2.75) is 24.7 Å². The van der Waals surface area contributed by atoms with Crippen LogP contribution in [0.3, 0.4) is 0 Å². The van der Waals surface area contributed by atoms with E-state index in [1.54, 1.807) is 19.1 Å². The molecule has 4 rings (SSSR count). The number of halogens is 1. The summed E-state index contributed by atoms with van der Waals surface area (Å²) in [5.74, 6) is 0.898. The van der Waals surface area contributed by atoms with E-state index in [1.807, 2.05) is 0 Å². The molecule has 1 N–H and O–H groups in total. The minimum atomic E-state index is -3.96. The molecule has 1 aromatic carbocycles. The van der Waals surface area contributed by atoms with Gasteiger partial charge in [0, 0.05) is 6.07 Å². The highest BCUT2D eigenvalue weighted by atomic mass is 35.5. The third kappa shape index (κ3) is 5.57. The number of methoxy groups -OCH3 is 1.